The molecule has 0 unspecified atom stereocenters. The van der Waals surface area contributed by atoms with Crippen molar-refractivity contribution in [3.05, 3.63) is 23.8 Å². The number of ether oxygens (including phenoxy) is 2. The highest BCUT2D eigenvalue weighted by Crippen LogP contribution is 2.35. The lowest BCUT2D eigenvalue weighted by atomic mass is 9.93. The molecule has 6 nitrogen and oxygen atoms in total. The second-order valence-corrected chi connectivity index (χ2v) is 6.12. The molecule has 0 spiro atoms. The molecule has 1 aliphatic heterocycles. The van der Waals surface area contributed by atoms with Gasteiger partial charge in [0.25, 0.3) is 11.8 Å². The van der Waals surface area contributed by atoms with Crippen LogP contribution in [0.2, 0.25) is 0 Å². The summed E-state index contributed by atoms with van der Waals surface area (Å²) in [6.07, 6.45) is 3.79. The second kappa shape index (κ2) is 7.44. The summed E-state index contributed by atoms with van der Waals surface area (Å²) in [7, 11) is 0. The standard InChI is InChI=1S/C17H23NO5/c1-4-9-22-17(21)23-10-14(11(2)3)18-15(19)12-7-5-6-8-13(12)16(18)20/h4,11,14H,1,5-10H2,2-3H3/t14-/m1/s1. The Hall–Kier alpha value is -2.11. The van der Waals surface area contributed by atoms with Gasteiger partial charge in [-0.05, 0) is 31.6 Å². The summed E-state index contributed by atoms with van der Waals surface area (Å²) in [6.45, 7) is 7.22. The van der Waals surface area contributed by atoms with E-state index in [-0.39, 0.29) is 30.9 Å². The number of carbonyl (C=O) groups is 3. The minimum atomic E-state index is -0.827. The van der Waals surface area contributed by atoms with Crippen molar-refractivity contribution in [1.29, 1.82) is 0 Å². The van der Waals surface area contributed by atoms with Crippen LogP contribution in [0, 0.1) is 5.92 Å². The molecular formula is C17H23NO5. The highest BCUT2D eigenvalue weighted by Gasteiger charge is 2.43. The summed E-state index contributed by atoms with van der Waals surface area (Å²) < 4.78 is 9.81. The lowest BCUT2D eigenvalue weighted by Crippen LogP contribution is -2.47. The second-order valence-electron chi connectivity index (χ2n) is 6.12. The van der Waals surface area contributed by atoms with Gasteiger partial charge in [-0.3, -0.25) is 14.5 Å². The van der Waals surface area contributed by atoms with Gasteiger partial charge < -0.3 is 9.47 Å². The van der Waals surface area contributed by atoms with E-state index in [0.29, 0.717) is 24.0 Å². The van der Waals surface area contributed by atoms with Crippen molar-refractivity contribution in [2.75, 3.05) is 13.2 Å². The van der Waals surface area contributed by atoms with Crippen molar-refractivity contribution >= 4 is 18.0 Å². The van der Waals surface area contributed by atoms with Gasteiger partial charge in [0.1, 0.15) is 13.2 Å². The van der Waals surface area contributed by atoms with Crippen LogP contribution in [0.1, 0.15) is 39.5 Å². The molecule has 0 saturated carbocycles. The van der Waals surface area contributed by atoms with Crippen LogP contribution in [0.5, 0.6) is 0 Å². The fourth-order valence-corrected chi connectivity index (χ4v) is 2.95. The fraction of sp³-hybridized carbons (Fsp3) is 0.588. The van der Waals surface area contributed by atoms with Crippen LogP contribution in [0.25, 0.3) is 0 Å². The molecule has 23 heavy (non-hydrogen) atoms. The normalized spacial score (nSPS) is 19.0. The van der Waals surface area contributed by atoms with Gasteiger partial charge in [0, 0.05) is 11.1 Å². The Morgan fingerprint density at radius 1 is 1.17 bits per heavy atom. The summed E-state index contributed by atoms with van der Waals surface area (Å²) in [5.74, 6) is -0.491. The maximum Gasteiger partial charge on any atom is 0.508 e. The van der Waals surface area contributed by atoms with E-state index in [9.17, 15) is 14.4 Å². The van der Waals surface area contributed by atoms with Crippen molar-refractivity contribution in [1.82, 2.24) is 4.90 Å². The average molecular weight is 321 g/mol. The van der Waals surface area contributed by atoms with E-state index >= 15 is 0 Å². The Kier molecular flexibility index (Phi) is 5.58. The molecule has 0 bridgehead atoms. The van der Waals surface area contributed by atoms with Crippen LogP contribution < -0.4 is 0 Å². The predicted octanol–water partition coefficient (Wildman–Crippen LogP) is 2.59. The molecule has 2 rings (SSSR count). The van der Waals surface area contributed by atoms with E-state index in [0.717, 1.165) is 12.8 Å². The summed E-state index contributed by atoms with van der Waals surface area (Å²) in [5.41, 5.74) is 1.28. The van der Waals surface area contributed by atoms with E-state index in [1.54, 1.807) is 0 Å². The van der Waals surface area contributed by atoms with Crippen LogP contribution in [-0.4, -0.2) is 42.1 Å². The first-order valence-corrected chi connectivity index (χ1v) is 7.97. The molecule has 0 aromatic heterocycles. The molecular weight excluding hydrogens is 298 g/mol. The highest BCUT2D eigenvalue weighted by molar-refractivity contribution is 6.19. The molecule has 1 aliphatic carbocycles. The van der Waals surface area contributed by atoms with Gasteiger partial charge in [-0.15, -0.1) is 0 Å². The summed E-state index contributed by atoms with van der Waals surface area (Å²) in [4.78, 5) is 37.9. The number of nitrogens with zero attached hydrogens (tertiary/aromatic N) is 1. The van der Waals surface area contributed by atoms with Crippen molar-refractivity contribution in [3.63, 3.8) is 0 Å². The van der Waals surface area contributed by atoms with Crippen molar-refractivity contribution in [2.45, 2.75) is 45.6 Å². The Morgan fingerprint density at radius 3 is 2.22 bits per heavy atom. The summed E-state index contributed by atoms with van der Waals surface area (Å²) in [6, 6.07) is -0.489. The smallest absolute Gasteiger partial charge is 0.432 e. The van der Waals surface area contributed by atoms with Gasteiger partial charge in [0.15, 0.2) is 0 Å². The molecule has 0 aromatic rings. The van der Waals surface area contributed by atoms with Gasteiger partial charge in [-0.2, -0.15) is 0 Å². The molecule has 126 valence electrons. The van der Waals surface area contributed by atoms with Crippen LogP contribution in [0.15, 0.2) is 23.8 Å². The molecule has 0 saturated heterocycles. The Bertz CT molecular complexity index is 521. The third-order valence-corrected chi connectivity index (χ3v) is 4.21. The van der Waals surface area contributed by atoms with Gasteiger partial charge in [-0.1, -0.05) is 26.5 Å². The van der Waals surface area contributed by atoms with Crippen molar-refractivity contribution < 1.29 is 23.9 Å². The zero-order valence-corrected chi connectivity index (χ0v) is 13.7. The number of carbonyl (C=O) groups excluding carboxylic acids is 3. The minimum absolute atomic E-state index is 0.0311. The largest absolute Gasteiger partial charge is 0.508 e. The van der Waals surface area contributed by atoms with E-state index in [4.69, 9.17) is 9.47 Å². The quantitative estimate of drug-likeness (QED) is 0.427. The monoisotopic (exact) mass is 321 g/mol. The van der Waals surface area contributed by atoms with Crippen molar-refractivity contribution in [3.8, 4) is 0 Å². The highest BCUT2D eigenvalue weighted by atomic mass is 16.7. The van der Waals surface area contributed by atoms with Gasteiger partial charge in [0.2, 0.25) is 0 Å². The summed E-state index contributed by atoms with van der Waals surface area (Å²) >= 11 is 0. The Balaban J connectivity index is 2.07. The maximum absolute atomic E-state index is 12.6. The SMILES string of the molecule is C=CCOC(=O)OC[C@H](C(C)C)N1C(=O)C2=C(CCCC2)C1=O. The van der Waals surface area contributed by atoms with E-state index < -0.39 is 12.2 Å². The Labute approximate surface area is 136 Å². The van der Waals surface area contributed by atoms with Gasteiger partial charge >= 0.3 is 6.16 Å². The van der Waals surface area contributed by atoms with Crippen LogP contribution in [-0.2, 0) is 19.1 Å². The topological polar surface area (TPSA) is 72.9 Å². The molecule has 0 N–H and O–H groups in total. The zero-order chi connectivity index (χ0) is 17.0. The van der Waals surface area contributed by atoms with Crippen LogP contribution in [0.4, 0.5) is 4.79 Å². The molecule has 6 heteroatoms. The first kappa shape index (κ1) is 17.2. The fourth-order valence-electron chi connectivity index (χ4n) is 2.95. The third-order valence-electron chi connectivity index (χ3n) is 4.21. The summed E-state index contributed by atoms with van der Waals surface area (Å²) in [5, 5.41) is 0. The first-order valence-electron chi connectivity index (χ1n) is 7.97. The maximum atomic E-state index is 12.6. The lowest BCUT2D eigenvalue weighted by molar-refractivity contribution is -0.143. The third kappa shape index (κ3) is 3.63. The number of rotatable bonds is 6. The molecule has 0 aromatic carbocycles. The first-order chi connectivity index (χ1) is 11.0. The zero-order valence-electron chi connectivity index (χ0n) is 13.7. The molecule has 0 radical (unpaired) electrons. The molecule has 2 aliphatic rings. The van der Waals surface area contributed by atoms with E-state index in [1.165, 1.54) is 11.0 Å². The molecule has 0 fully saturated rings. The number of amides is 2. The number of imide groups is 1. The predicted molar refractivity (Wildman–Crippen MR) is 83.5 cm³/mol. The van der Waals surface area contributed by atoms with Crippen LogP contribution >= 0.6 is 0 Å². The molecule has 1 atom stereocenters. The van der Waals surface area contributed by atoms with E-state index in [2.05, 4.69) is 6.58 Å². The van der Waals surface area contributed by atoms with Crippen molar-refractivity contribution in [2.24, 2.45) is 5.92 Å². The van der Waals surface area contributed by atoms with Gasteiger partial charge in [0.05, 0.1) is 6.04 Å². The van der Waals surface area contributed by atoms with E-state index in [1.807, 2.05) is 13.8 Å². The Morgan fingerprint density at radius 2 is 1.74 bits per heavy atom. The number of hydrogen-bond acceptors (Lipinski definition) is 5. The molecule has 1 heterocycles. The number of hydrogen-bond donors (Lipinski definition) is 0. The lowest BCUT2D eigenvalue weighted by Gasteiger charge is -2.29. The molecule has 2 amide bonds. The average Bonchev–Trinajstić information content (AvgIpc) is 2.78. The van der Waals surface area contributed by atoms with Crippen LogP contribution in [0.3, 0.4) is 0 Å². The van der Waals surface area contributed by atoms with Gasteiger partial charge in [-0.25, -0.2) is 4.79 Å². The minimum Gasteiger partial charge on any atom is -0.432 e.